The molecule has 0 aromatic rings. The van der Waals surface area contributed by atoms with Crippen LogP contribution in [-0.4, -0.2) is 22.0 Å². The van der Waals surface area contributed by atoms with Crippen molar-refractivity contribution in [2.75, 3.05) is 0 Å². The maximum absolute atomic E-state index is 11.9. The SMILES string of the molecule is CC1(C)[C@H]2CC[C@](C)(C2)[C@]12OC(=O)C=C(C(=O)O)S2. The highest BCUT2D eigenvalue weighted by Gasteiger charge is 2.73. The largest absolute Gasteiger partial charge is 0.477 e. The van der Waals surface area contributed by atoms with Gasteiger partial charge in [-0.1, -0.05) is 32.5 Å². The molecule has 1 spiro atoms. The van der Waals surface area contributed by atoms with Crippen molar-refractivity contribution < 1.29 is 19.4 Å². The van der Waals surface area contributed by atoms with Crippen LogP contribution in [0.2, 0.25) is 0 Å². The summed E-state index contributed by atoms with van der Waals surface area (Å²) in [5.74, 6) is -1.06. The number of fused-ring (bicyclic) bond motifs is 3. The lowest BCUT2D eigenvalue weighted by molar-refractivity contribution is -0.167. The summed E-state index contributed by atoms with van der Waals surface area (Å²) in [4.78, 5) is 22.5. The molecule has 3 aliphatic rings. The van der Waals surface area contributed by atoms with E-state index >= 15 is 0 Å². The third-order valence-corrected chi connectivity index (χ3v) is 7.26. The van der Waals surface area contributed by atoms with E-state index < -0.39 is 16.9 Å². The molecule has 3 rings (SSSR count). The molecule has 2 aliphatic carbocycles. The zero-order valence-corrected chi connectivity index (χ0v) is 12.2. The number of carbonyl (C=O) groups is 2. The van der Waals surface area contributed by atoms with E-state index in [0.717, 1.165) is 25.3 Å². The standard InChI is InChI=1S/C14H18O4S/c1-12(2)8-4-5-13(3,7-8)14(12)18-10(15)6-9(19-14)11(16)17/h6,8H,4-5,7H2,1-3H3,(H,16,17)/t8-,13+,14-/m0/s1. The van der Waals surface area contributed by atoms with Gasteiger partial charge >= 0.3 is 11.9 Å². The van der Waals surface area contributed by atoms with E-state index in [-0.39, 0.29) is 15.7 Å². The van der Waals surface area contributed by atoms with Gasteiger partial charge in [0.1, 0.15) is 4.91 Å². The molecule has 1 heterocycles. The Hall–Kier alpha value is -0.970. The molecule has 0 radical (unpaired) electrons. The Morgan fingerprint density at radius 2 is 2.16 bits per heavy atom. The monoisotopic (exact) mass is 282 g/mol. The first-order valence-electron chi connectivity index (χ1n) is 6.59. The molecule has 0 aromatic carbocycles. The van der Waals surface area contributed by atoms with E-state index in [1.165, 1.54) is 11.8 Å². The summed E-state index contributed by atoms with van der Waals surface area (Å²) in [5, 5.41) is 9.23. The summed E-state index contributed by atoms with van der Waals surface area (Å²) in [6.45, 7) is 6.34. The van der Waals surface area contributed by atoms with Crippen LogP contribution in [0.25, 0.3) is 0 Å². The van der Waals surface area contributed by atoms with Crippen LogP contribution < -0.4 is 0 Å². The summed E-state index contributed by atoms with van der Waals surface area (Å²) in [6, 6.07) is 0. The first-order chi connectivity index (χ1) is 8.72. The second-order valence-electron chi connectivity index (χ2n) is 6.68. The molecule has 2 saturated carbocycles. The summed E-state index contributed by atoms with van der Waals surface area (Å²) in [6.07, 6.45) is 4.24. The third kappa shape index (κ3) is 1.42. The Morgan fingerprint density at radius 1 is 1.47 bits per heavy atom. The maximum Gasteiger partial charge on any atom is 0.342 e. The van der Waals surface area contributed by atoms with E-state index in [1.807, 2.05) is 0 Å². The van der Waals surface area contributed by atoms with Crippen LogP contribution >= 0.6 is 11.8 Å². The number of aliphatic carboxylic acids is 1. The number of hydrogen-bond acceptors (Lipinski definition) is 4. The molecular weight excluding hydrogens is 264 g/mol. The molecule has 3 atom stereocenters. The third-order valence-electron chi connectivity index (χ3n) is 5.36. The van der Waals surface area contributed by atoms with Crippen LogP contribution in [0.1, 0.15) is 40.0 Å². The highest BCUT2D eigenvalue weighted by Crippen LogP contribution is 2.74. The molecule has 1 aliphatic heterocycles. The number of hydrogen-bond donors (Lipinski definition) is 1. The van der Waals surface area contributed by atoms with Crippen molar-refractivity contribution >= 4 is 23.7 Å². The van der Waals surface area contributed by atoms with Gasteiger partial charge < -0.3 is 9.84 Å². The van der Waals surface area contributed by atoms with Crippen LogP contribution in [0, 0.1) is 16.7 Å². The molecular formula is C14H18O4S. The lowest BCUT2D eigenvalue weighted by Crippen LogP contribution is -2.55. The Morgan fingerprint density at radius 3 is 2.68 bits per heavy atom. The molecule has 104 valence electrons. The minimum atomic E-state index is -1.04. The van der Waals surface area contributed by atoms with E-state index in [4.69, 9.17) is 4.74 Å². The lowest BCUT2D eigenvalue weighted by Gasteiger charge is -2.53. The molecule has 0 saturated heterocycles. The molecule has 2 bridgehead atoms. The molecule has 0 unspecified atom stereocenters. The minimum Gasteiger partial charge on any atom is -0.477 e. The van der Waals surface area contributed by atoms with Gasteiger partial charge in [0, 0.05) is 16.9 Å². The summed E-state index contributed by atoms with van der Waals surface area (Å²) in [5.41, 5.74) is -0.328. The lowest BCUT2D eigenvalue weighted by atomic mass is 9.69. The van der Waals surface area contributed by atoms with Gasteiger partial charge in [-0.05, 0) is 25.2 Å². The van der Waals surface area contributed by atoms with Gasteiger partial charge in [-0.15, -0.1) is 0 Å². The number of carboxylic acids is 1. The smallest absolute Gasteiger partial charge is 0.342 e. The van der Waals surface area contributed by atoms with Gasteiger partial charge in [0.2, 0.25) is 0 Å². The average Bonchev–Trinajstić information content (AvgIpc) is 2.77. The second-order valence-corrected chi connectivity index (χ2v) is 7.89. The average molecular weight is 282 g/mol. The Labute approximate surface area is 116 Å². The summed E-state index contributed by atoms with van der Waals surface area (Å²) < 4.78 is 5.75. The van der Waals surface area contributed by atoms with Gasteiger partial charge in [-0.3, -0.25) is 0 Å². The minimum absolute atomic E-state index is 0.109. The van der Waals surface area contributed by atoms with Gasteiger partial charge in [-0.25, -0.2) is 9.59 Å². The van der Waals surface area contributed by atoms with Crippen molar-refractivity contribution in [3.8, 4) is 0 Å². The molecule has 1 N–H and O–H groups in total. The number of carbonyl (C=O) groups excluding carboxylic acids is 1. The van der Waals surface area contributed by atoms with Crippen LogP contribution in [0.5, 0.6) is 0 Å². The first kappa shape index (κ1) is 13.0. The fraction of sp³-hybridized carbons (Fsp3) is 0.714. The predicted molar refractivity (Wildman–Crippen MR) is 71.4 cm³/mol. The first-order valence-corrected chi connectivity index (χ1v) is 7.40. The number of ether oxygens (including phenoxy) is 1. The zero-order valence-electron chi connectivity index (χ0n) is 11.4. The summed E-state index contributed by atoms with van der Waals surface area (Å²) >= 11 is 1.24. The molecule has 2 fully saturated rings. The van der Waals surface area contributed by atoms with Gasteiger partial charge in [-0.2, -0.15) is 0 Å². The Kier molecular flexibility index (Phi) is 2.45. The van der Waals surface area contributed by atoms with Gasteiger partial charge in [0.15, 0.2) is 4.93 Å². The molecule has 19 heavy (non-hydrogen) atoms. The van der Waals surface area contributed by atoms with E-state index in [1.54, 1.807) is 0 Å². The molecule has 0 amide bonds. The number of carboxylic acid groups (broad SMARTS) is 1. The number of esters is 1. The highest BCUT2D eigenvalue weighted by molar-refractivity contribution is 8.05. The van der Waals surface area contributed by atoms with Crippen LogP contribution in [-0.2, 0) is 14.3 Å². The Balaban J connectivity index is 2.11. The van der Waals surface area contributed by atoms with Gasteiger partial charge in [0.05, 0.1) is 0 Å². The topological polar surface area (TPSA) is 63.6 Å². The quantitative estimate of drug-likeness (QED) is 0.749. The highest BCUT2D eigenvalue weighted by atomic mass is 32.2. The van der Waals surface area contributed by atoms with Crippen molar-refractivity contribution in [3.05, 3.63) is 11.0 Å². The normalized spacial score (nSPS) is 43.2. The number of thioether (sulfide) groups is 1. The van der Waals surface area contributed by atoms with Crippen LogP contribution in [0.3, 0.4) is 0 Å². The summed E-state index contributed by atoms with van der Waals surface area (Å²) in [7, 11) is 0. The molecule has 0 aromatic heterocycles. The van der Waals surface area contributed by atoms with Crippen molar-refractivity contribution in [2.45, 2.75) is 45.0 Å². The maximum atomic E-state index is 11.9. The van der Waals surface area contributed by atoms with Crippen molar-refractivity contribution in [3.63, 3.8) is 0 Å². The molecule has 5 heteroatoms. The van der Waals surface area contributed by atoms with Crippen molar-refractivity contribution in [2.24, 2.45) is 16.7 Å². The van der Waals surface area contributed by atoms with Crippen molar-refractivity contribution in [1.82, 2.24) is 0 Å². The van der Waals surface area contributed by atoms with E-state index in [0.29, 0.717) is 5.92 Å². The Bertz CT molecular complexity index is 503. The van der Waals surface area contributed by atoms with Crippen LogP contribution in [0.15, 0.2) is 11.0 Å². The fourth-order valence-electron chi connectivity index (χ4n) is 4.30. The van der Waals surface area contributed by atoms with Crippen molar-refractivity contribution in [1.29, 1.82) is 0 Å². The second kappa shape index (κ2) is 3.57. The van der Waals surface area contributed by atoms with E-state index in [2.05, 4.69) is 20.8 Å². The molecule has 4 nitrogen and oxygen atoms in total. The van der Waals surface area contributed by atoms with Gasteiger partial charge in [0.25, 0.3) is 0 Å². The van der Waals surface area contributed by atoms with E-state index in [9.17, 15) is 14.7 Å². The van der Waals surface area contributed by atoms with Crippen LogP contribution in [0.4, 0.5) is 0 Å². The fourth-order valence-corrected chi connectivity index (χ4v) is 5.84. The zero-order chi connectivity index (χ0) is 14.1. The number of rotatable bonds is 1. The predicted octanol–water partition coefficient (Wildman–Crippen LogP) is 2.79.